The summed E-state index contributed by atoms with van der Waals surface area (Å²) in [5, 5.41) is 0.590. The molecular formula is C14H8Cl3F3O. The molecule has 0 saturated heterocycles. The predicted molar refractivity (Wildman–Crippen MR) is 78.5 cm³/mol. The standard InChI is InChI=1S/C14H8Cl3F3O/c1-21-12-3-2-7(4-10(12)14(18,19)20)9-5-8(15)6-11(16)13(9)17/h2-6H,1H3. The molecule has 2 rings (SSSR count). The van der Waals surface area contributed by atoms with Gasteiger partial charge in [-0.3, -0.25) is 0 Å². The summed E-state index contributed by atoms with van der Waals surface area (Å²) in [7, 11) is 1.17. The Labute approximate surface area is 134 Å². The fourth-order valence-electron chi connectivity index (χ4n) is 1.86. The first-order chi connectivity index (χ1) is 9.74. The van der Waals surface area contributed by atoms with Gasteiger partial charge in [0.25, 0.3) is 0 Å². The Balaban J connectivity index is 2.66. The van der Waals surface area contributed by atoms with Gasteiger partial charge in [0.05, 0.1) is 22.7 Å². The number of benzene rings is 2. The van der Waals surface area contributed by atoms with Crippen LogP contribution < -0.4 is 4.74 Å². The first-order valence-corrected chi connectivity index (χ1v) is 6.77. The molecule has 0 N–H and O–H groups in total. The molecule has 0 aliphatic carbocycles. The van der Waals surface area contributed by atoms with Crippen molar-refractivity contribution in [2.75, 3.05) is 7.11 Å². The predicted octanol–water partition coefficient (Wildman–Crippen LogP) is 6.34. The Morgan fingerprint density at radius 1 is 1.00 bits per heavy atom. The zero-order chi connectivity index (χ0) is 15.8. The maximum absolute atomic E-state index is 13.0. The summed E-state index contributed by atoms with van der Waals surface area (Å²) in [4.78, 5) is 0. The highest BCUT2D eigenvalue weighted by Gasteiger charge is 2.34. The van der Waals surface area contributed by atoms with Crippen LogP contribution in [0.15, 0.2) is 30.3 Å². The maximum Gasteiger partial charge on any atom is 0.419 e. The van der Waals surface area contributed by atoms with Crippen LogP contribution in [0.3, 0.4) is 0 Å². The van der Waals surface area contributed by atoms with E-state index >= 15 is 0 Å². The van der Waals surface area contributed by atoms with Crippen LogP contribution in [-0.2, 0) is 6.18 Å². The fourth-order valence-corrected chi connectivity index (χ4v) is 2.57. The van der Waals surface area contributed by atoms with Gasteiger partial charge in [0.1, 0.15) is 5.75 Å². The zero-order valence-electron chi connectivity index (χ0n) is 10.6. The lowest BCUT2D eigenvalue weighted by atomic mass is 10.0. The summed E-state index contributed by atoms with van der Waals surface area (Å²) in [6, 6.07) is 6.51. The molecule has 0 aliphatic heterocycles. The van der Waals surface area contributed by atoms with E-state index in [-0.39, 0.29) is 26.4 Å². The van der Waals surface area contributed by atoms with Gasteiger partial charge in [0.2, 0.25) is 0 Å². The first-order valence-electron chi connectivity index (χ1n) is 5.64. The topological polar surface area (TPSA) is 9.23 Å². The van der Waals surface area contributed by atoms with Crippen molar-refractivity contribution in [3.05, 3.63) is 51.0 Å². The van der Waals surface area contributed by atoms with Gasteiger partial charge in [-0.15, -0.1) is 0 Å². The lowest BCUT2D eigenvalue weighted by molar-refractivity contribution is -0.138. The number of rotatable bonds is 2. The summed E-state index contributed by atoms with van der Waals surface area (Å²) in [5.41, 5.74) is -0.325. The van der Waals surface area contributed by atoms with Gasteiger partial charge in [-0.1, -0.05) is 40.9 Å². The number of alkyl halides is 3. The van der Waals surface area contributed by atoms with Gasteiger partial charge in [-0.25, -0.2) is 0 Å². The van der Waals surface area contributed by atoms with E-state index in [9.17, 15) is 13.2 Å². The Kier molecular flexibility index (Phi) is 4.61. The number of ether oxygens (including phenoxy) is 1. The molecular weight excluding hydrogens is 348 g/mol. The van der Waals surface area contributed by atoms with Crippen LogP contribution in [0, 0.1) is 0 Å². The molecule has 112 valence electrons. The summed E-state index contributed by atoms with van der Waals surface area (Å²) in [5.74, 6) is -0.268. The van der Waals surface area contributed by atoms with Crippen molar-refractivity contribution in [3.63, 3.8) is 0 Å². The molecule has 21 heavy (non-hydrogen) atoms. The maximum atomic E-state index is 13.0. The molecule has 0 aromatic heterocycles. The molecule has 0 heterocycles. The molecule has 0 saturated carbocycles. The van der Waals surface area contributed by atoms with Gasteiger partial charge in [0, 0.05) is 10.6 Å². The smallest absolute Gasteiger partial charge is 0.419 e. The second-order valence-electron chi connectivity index (χ2n) is 4.16. The highest BCUT2D eigenvalue weighted by molar-refractivity contribution is 6.45. The van der Waals surface area contributed by atoms with Crippen LogP contribution in [-0.4, -0.2) is 7.11 Å². The highest BCUT2D eigenvalue weighted by atomic mass is 35.5. The molecule has 0 amide bonds. The Morgan fingerprint density at radius 2 is 1.67 bits per heavy atom. The minimum Gasteiger partial charge on any atom is -0.496 e. The average molecular weight is 356 g/mol. The van der Waals surface area contributed by atoms with Crippen LogP contribution in [0.4, 0.5) is 13.2 Å². The molecule has 0 atom stereocenters. The van der Waals surface area contributed by atoms with Gasteiger partial charge in [0.15, 0.2) is 0 Å². The van der Waals surface area contributed by atoms with E-state index in [0.29, 0.717) is 5.56 Å². The van der Waals surface area contributed by atoms with Crippen molar-refractivity contribution in [2.24, 2.45) is 0 Å². The normalized spacial score (nSPS) is 11.6. The van der Waals surface area contributed by atoms with Crippen molar-refractivity contribution in [3.8, 4) is 16.9 Å². The molecule has 0 radical (unpaired) electrons. The first kappa shape index (κ1) is 16.3. The summed E-state index contributed by atoms with van der Waals surface area (Å²) in [6.07, 6.45) is -4.55. The third-order valence-electron chi connectivity index (χ3n) is 2.81. The second kappa shape index (κ2) is 5.95. The van der Waals surface area contributed by atoms with E-state index in [2.05, 4.69) is 0 Å². The third-order valence-corrected chi connectivity index (χ3v) is 3.83. The molecule has 0 unspecified atom stereocenters. The summed E-state index contributed by atoms with van der Waals surface area (Å²) in [6.45, 7) is 0. The van der Waals surface area contributed by atoms with E-state index in [1.165, 1.54) is 31.4 Å². The van der Waals surface area contributed by atoms with Crippen molar-refractivity contribution in [1.82, 2.24) is 0 Å². The quantitative estimate of drug-likeness (QED) is 0.571. The number of methoxy groups -OCH3 is 1. The molecule has 2 aromatic carbocycles. The van der Waals surface area contributed by atoms with Crippen LogP contribution in [0.1, 0.15) is 5.56 Å². The SMILES string of the molecule is COc1ccc(-c2cc(Cl)cc(Cl)c2Cl)cc1C(F)(F)F. The van der Waals surface area contributed by atoms with E-state index in [1.54, 1.807) is 0 Å². The molecule has 0 fully saturated rings. The van der Waals surface area contributed by atoms with Gasteiger partial charge >= 0.3 is 6.18 Å². The number of hydrogen-bond donors (Lipinski definition) is 0. The van der Waals surface area contributed by atoms with Gasteiger partial charge in [-0.2, -0.15) is 13.2 Å². The van der Waals surface area contributed by atoms with Crippen LogP contribution in [0.25, 0.3) is 11.1 Å². The zero-order valence-corrected chi connectivity index (χ0v) is 12.8. The molecule has 1 nitrogen and oxygen atoms in total. The van der Waals surface area contributed by atoms with Crippen molar-refractivity contribution >= 4 is 34.8 Å². The van der Waals surface area contributed by atoms with E-state index in [0.717, 1.165) is 6.07 Å². The largest absolute Gasteiger partial charge is 0.496 e. The molecule has 0 aliphatic rings. The monoisotopic (exact) mass is 354 g/mol. The summed E-state index contributed by atoms with van der Waals surface area (Å²) >= 11 is 17.8. The second-order valence-corrected chi connectivity index (χ2v) is 5.38. The molecule has 2 aromatic rings. The van der Waals surface area contributed by atoms with Crippen LogP contribution in [0.2, 0.25) is 15.1 Å². The summed E-state index contributed by atoms with van der Waals surface area (Å²) < 4.78 is 43.8. The lowest BCUT2D eigenvalue weighted by Crippen LogP contribution is -2.07. The van der Waals surface area contributed by atoms with E-state index in [4.69, 9.17) is 39.5 Å². The minimum atomic E-state index is -4.55. The minimum absolute atomic E-state index is 0.138. The average Bonchev–Trinajstić information content (AvgIpc) is 2.41. The van der Waals surface area contributed by atoms with E-state index in [1.807, 2.05) is 0 Å². The molecule has 7 heteroatoms. The Hall–Kier alpha value is -1.10. The molecule has 0 bridgehead atoms. The Morgan fingerprint density at radius 3 is 2.24 bits per heavy atom. The van der Waals surface area contributed by atoms with Crippen molar-refractivity contribution in [2.45, 2.75) is 6.18 Å². The van der Waals surface area contributed by atoms with Gasteiger partial charge < -0.3 is 4.74 Å². The number of hydrogen-bond acceptors (Lipinski definition) is 1. The highest BCUT2D eigenvalue weighted by Crippen LogP contribution is 2.41. The van der Waals surface area contributed by atoms with Gasteiger partial charge in [-0.05, 0) is 29.8 Å². The van der Waals surface area contributed by atoms with Crippen LogP contribution in [0.5, 0.6) is 5.75 Å². The molecule has 0 spiro atoms. The Bertz CT molecular complexity index is 684. The van der Waals surface area contributed by atoms with Crippen molar-refractivity contribution < 1.29 is 17.9 Å². The van der Waals surface area contributed by atoms with Crippen LogP contribution >= 0.6 is 34.8 Å². The third kappa shape index (κ3) is 3.39. The fraction of sp³-hybridized carbons (Fsp3) is 0.143. The van der Waals surface area contributed by atoms with Crippen molar-refractivity contribution in [1.29, 1.82) is 0 Å². The van der Waals surface area contributed by atoms with E-state index < -0.39 is 11.7 Å². The lowest BCUT2D eigenvalue weighted by Gasteiger charge is -2.14. The number of halogens is 6.